The van der Waals surface area contributed by atoms with E-state index in [2.05, 4.69) is 5.32 Å². The van der Waals surface area contributed by atoms with Crippen molar-refractivity contribution in [3.05, 3.63) is 65.2 Å². The van der Waals surface area contributed by atoms with Crippen LogP contribution in [0.1, 0.15) is 42.7 Å². The Balaban J connectivity index is 2.11. The van der Waals surface area contributed by atoms with Crippen molar-refractivity contribution < 1.29 is 18.3 Å². The van der Waals surface area contributed by atoms with E-state index in [0.29, 0.717) is 5.75 Å². The maximum atomic E-state index is 13.2. The van der Waals surface area contributed by atoms with Crippen LogP contribution >= 0.6 is 0 Å². The third-order valence-electron chi connectivity index (χ3n) is 3.20. The van der Waals surface area contributed by atoms with Gasteiger partial charge < -0.3 is 10.1 Å². The second-order valence-corrected chi connectivity index (χ2v) is 5.59. The quantitative estimate of drug-likeness (QED) is 0.895. The molecule has 0 radical (unpaired) electrons. The number of nitrogens with one attached hydrogen (secondary N) is 1. The summed E-state index contributed by atoms with van der Waals surface area (Å²) in [6.45, 7) is 5.65. The fourth-order valence-electron chi connectivity index (χ4n) is 2.18. The number of carbonyl (C=O) groups excluding carboxylic acids is 1. The molecule has 3 nitrogen and oxygen atoms in total. The number of amides is 1. The minimum absolute atomic E-state index is 0.0467. The first-order chi connectivity index (χ1) is 10.8. The van der Waals surface area contributed by atoms with Gasteiger partial charge in [0, 0.05) is 11.6 Å². The average molecular weight is 319 g/mol. The van der Waals surface area contributed by atoms with Gasteiger partial charge >= 0.3 is 0 Å². The summed E-state index contributed by atoms with van der Waals surface area (Å²) >= 11 is 0. The molecule has 0 aliphatic heterocycles. The third-order valence-corrected chi connectivity index (χ3v) is 3.20. The van der Waals surface area contributed by atoms with Crippen molar-refractivity contribution in [2.45, 2.75) is 32.9 Å². The molecule has 23 heavy (non-hydrogen) atoms. The smallest absolute Gasteiger partial charge is 0.251 e. The van der Waals surface area contributed by atoms with Crippen LogP contribution < -0.4 is 10.1 Å². The van der Waals surface area contributed by atoms with Crippen molar-refractivity contribution in [1.29, 1.82) is 0 Å². The van der Waals surface area contributed by atoms with E-state index in [9.17, 15) is 13.6 Å². The second kappa shape index (κ2) is 7.22. The molecule has 0 aromatic heterocycles. The SMILES string of the molecule is CC(C)Oc1cccc(C(C)NC(=O)c2cc(F)cc(F)c2)c1. The number of hydrogen-bond donors (Lipinski definition) is 1. The van der Waals surface area contributed by atoms with E-state index in [0.717, 1.165) is 23.8 Å². The van der Waals surface area contributed by atoms with Crippen LogP contribution in [-0.4, -0.2) is 12.0 Å². The van der Waals surface area contributed by atoms with Gasteiger partial charge in [-0.05, 0) is 50.6 Å². The van der Waals surface area contributed by atoms with Gasteiger partial charge in [0.15, 0.2) is 0 Å². The van der Waals surface area contributed by atoms with Crippen LogP contribution in [0, 0.1) is 11.6 Å². The van der Waals surface area contributed by atoms with Crippen LogP contribution in [0.4, 0.5) is 8.78 Å². The lowest BCUT2D eigenvalue weighted by atomic mass is 10.1. The maximum absolute atomic E-state index is 13.2. The Hall–Kier alpha value is -2.43. The molecule has 1 amide bonds. The summed E-state index contributed by atoms with van der Waals surface area (Å²) in [5.74, 6) is -1.40. The summed E-state index contributed by atoms with van der Waals surface area (Å²) in [6, 6.07) is 9.75. The minimum atomic E-state index is -0.782. The first-order valence-corrected chi connectivity index (χ1v) is 7.38. The van der Waals surface area contributed by atoms with E-state index in [1.54, 1.807) is 6.92 Å². The zero-order valence-electron chi connectivity index (χ0n) is 13.3. The van der Waals surface area contributed by atoms with Gasteiger partial charge in [-0.2, -0.15) is 0 Å². The third kappa shape index (κ3) is 4.77. The minimum Gasteiger partial charge on any atom is -0.491 e. The number of rotatable bonds is 5. The lowest BCUT2D eigenvalue weighted by Gasteiger charge is -2.16. The molecule has 0 aliphatic carbocycles. The van der Waals surface area contributed by atoms with Gasteiger partial charge in [-0.3, -0.25) is 4.79 Å². The highest BCUT2D eigenvalue weighted by atomic mass is 19.1. The average Bonchev–Trinajstić information content (AvgIpc) is 2.45. The molecular formula is C18H19F2NO2. The van der Waals surface area contributed by atoms with Gasteiger partial charge in [-0.25, -0.2) is 8.78 Å². The fraction of sp³-hybridized carbons (Fsp3) is 0.278. The molecule has 2 aromatic rings. The molecule has 2 aromatic carbocycles. The highest BCUT2D eigenvalue weighted by Gasteiger charge is 2.14. The van der Waals surface area contributed by atoms with Crippen LogP contribution in [0.2, 0.25) is 0 Å². The Morgan fingerprint density at radius 3 is 2.30 bits per heavy atom. The normalized spacial score (nSPS) is 12.1. The number of benzene rings is 2. The summed E-state index contributed by atoms with van der Waals surface area (Å²) < 4.78 is 32.0. The molecule has 0 spiro atoms. The van der Waals surface area contributed by atoms with Crippen molar-refractivity contribution in [1.82, 2.24) is 5.32 Å². The summed E-state index contributed by atoms with van der Waals surface area (Å²) in [7, 11) is 0. The van der Waals surface area contributed by atoms with Gasteiger partial charge in [0.2, 0.25) is 0 Å². The summed E-state index contributed by atoms with van der Waals surface area (Å²) in [5, 5.41) is 2.72. The number of halogens is 2. The van der Waals surface area contributed by atoms with Crippen LogP contribution in [0.15, 0.2) is 42.5 Å². The second-order valence-electron chi connectivity index (χ2n) is 5.59. The summed E-state index contributed by atoms with van der Waals surface area (Å²) in [5.41, 5.74) is 0.789. The maximum Gasteiger partial charge on any atom is 0.251 e. The number of ether oxygens (including phenoxy) is 1. The molecule has 0 saturated heterocycles. The monoisotopic (exact) mass is 319 g/mol. The topological polar surface area (TPSA) is 38.3 Å². The highest BCUT2D eigenvalue weighted by molar-refractivity contribution is 5.94. The van der Waals surface area contributed by atoms with Gasteiger partial charge in [0.1, 0.15) is 17.4 Å². The van der Waals surface area contributed by atoms with E-state index in [1.807, 2.05) is 38.1 Å². The highest BCUT2D eigenvalue weighted by Crippen LogP contribution is 2.20. The van der Waals surface area contributed by atoms with Crippen LogP contribution in [0.3, 0.4) is 0 Å². The molecule has 122 valence electrons. The molecule has 0 saturated carbocycles. The van der Waals surface area contributed by atoms with Gasteiger partial charge in [-0.1, -0.05) is 12.1 Å². The zero-order chi connectivity index (χ0) is 17.0. The van der Waals surface area contributed by atoms with E-state index in [-0.39, 0.29) is 17.7 Å². The Bertz CT molecular complexity index is 681. The van der Waals surface area contributed by atoms with Crippen molar-refractivity contribution >= 4 is 5.91 Å². The molecule has 5 heteroatoms. The van der Waals surface area contributed by atoms with Crippen LogP contribution in [0.5, 0.6) is 5.75 Å². The lowest BCUT2D eigenvalue weighted by Crippen LogP contribution is -2.26. The van der Waals surface area contributed by atoms with E-state index in [1.165, 1.54) is 0 Å². The molecule has 0 heterocycles. The predicted octanol–water partition coefficient (Wildman–Crippen LogP) is 4.24. The fourth-order valence-corrected chi connectivity index (χ4v) is 2.18. The molecule has 1 unspecified atom stereocenters. The molecular weight excluding hydrogens is 300 g/mol. The Labute approximate surface area is 134 Å². The molecule has 0 aliphatic rings. The van der Waals surface area contributed by atoms with Gasteiger partial charge in [-0.15, -0.1) is 0 Å². The van der Waals surface area contributed by atoms with Crippen molar-refractivity contribution in [3.8, 4) is 5.75 Å². The Morgan fingerprint density at radius 2 is 1.70 bits per heavy atom. The van der Waals surface area contributed by atoms with Crippen LogP contribution in [0.25, 0.3) is 0 Å². The van der Waals surface area contributed by atoms with E-state index < -0.39 is 17.5 Å². The Morgan fingerprint density at radius 1 is 1.04 bits per heavy atom. The van der Waals surface area contributed by atoms with Crippen molar-refractivity contribution in [3.63, 3.8) is 0 Å². The largest absolute Gasteiger partial charge is 0.491 e. The zero-order valence-corrected chi connectivity index (χ0v) is 13.3. The number of hydrogen-bond acceptors (Lipinski definition) is 2. The molecule has 2 rings (SSSR count). The van der Waals surface area contributed by atoms with Gasteiger partial charge in [0.25, 0.3) is 5.91 Å². The molecule has 0 bridgehead atoms. The first-order valence-electron chi connectivity index (χ1n) is 7.38. The summed E-state index contributed by atoms with van der Waals surface area (Å²) in [6.07, 6.45) is 0.0467. The van der Waals surface area contributed by atoms with Gasteiger partial charge in [0.05, 0.1) is 12.1 Å². The lowest BCUT2D eigenvalue weighted by molar-refractivity contribution is 0.0938. The molecule has 1 atom stereocenters. The van der Waals surface area contributed by atoms with E-state index >= 15 is 0 Å². The molecule has 0 fully saturated rings. The van der Waals surface area contributed by atoms with Crippen molar-refractivity contribution in [2.24, 2.45) is 0 Å². The molecule has 1 N–H and O–H groups in total. The Kier molecular flexibility index (Phi) is 5.32. The van der Waals surface area contributed by atoms with Crippen molar-refractivity contribution in [2.75, 3.05) is 0 Å². The van der Waals surface area contributed by atoms with Crippen LogP contribution in [-0.2, 0) is 0 Å². The summed E-state index contributed by atoms with van der Waals surface area (Å²) in [4.78, 5) is 12.1. The van der Waals surface area contributed by atoms with E-state index in [4.69, 9.17) is 4.74 Å². The first kappa shape index (κ1) is 16.9. The standard InChI is InChI=1S/C18H19F2NO2/c1-11(2)23-17-6-4-5-13(9-17)12(3)21-18(22)14-7-15(19)10-16(20)8-14/h4-12H,1-3H3,(H,21,22). The number of carbonyl (C=O) groups is 1. The predicted molar refractivity (Wildman–Crippen MR) is 84.4 cm³/mol.